The third-order valence-electron chi connectivity index (χ3n) is 8.75. The molecule has 1 atom stereocenters. The predicted molar refractivity (Wildman–Crippen MR) is 180 cm³/mol. The molecule has 0 radical (unpaired) electrons. The summed E-state index contributed by atoms with van der Waals surface area (Å²) >= 11 is 7.02. The van der Waals surface area contributed by atoms with Gasteiger partial charge in [0.15, 0.2) is 0 Å². The lowest BCUT2D eigenvalue weighted by atomic mass is 9.90. The van der Waals surface area contributed by atoms with Gasteiger partial charge in [0.25, 0.3) is 11.5 Å². The zero-order valence-corrected chi connectivity index (χ0v) is 27.6. The predicted octanol–water partition coefficient (Wildman–Crippen LogP) is 5.13. The number of ether oxygens (including phenoxy) is 1. The lowest BCUT2D eigenvalue weighted by Crippen LogP contribution is -2.40. The second-order valence-corrected chi connectivity index (χ2v) is 12.9. The third-order valence-corrected chi connectivity index (χ3v) is 9.15. The zero-order valence-electron chi connectivity index (χ0n) is 26.9. The van der Waals surface area contributed by atoms with Crippen LogP contribution >= 0.6 is 11.6 Å². The maximum atomic E-state index is 13.1. The summed E-state index contributed by atoms with van der Waals surface area (Å²) in [7, 11) is 4.40. The van der Waals surface area contributed by atoms with E-state index in [4.69, 9.17) is 21.3 Å². The number of aryl methyl sites for hydroxylation is 1. The smallest absolute Gasteiger partial charge is 0.330 e. The number of Topliss-reactive ketones (excluding diaryl/α,β-unsaturated/α-hetero) is 1. The average molecular weight is 644 g/mol. The highest BCUT2D eigenvalue weighted by atomic mass is 35.5. The number of pyridine rings is 1. The van der Waals surface area contributed by atoms with Crippen LogP contribution in [-0.4, -0.2) is 39.5 Å². The molecule has 0 saturated heterocycles. The third kappa shape index (κ3) is 6.41. The Labute approximate surface area is 272 Å². The second kappa shape index (κ2) is 13.1. The van der Waals surface area contributed by atoms with Gasteiger partial charge < -0.3 is 19.9 Å². The fourth-order valence-electron chi connectivity index (χ4n) is 6.09. The zero-order chi connectivity index (χ0) is 33.3. The number of amides is 1. The molecule has 2 aromatic carbocycles. The molecule has 4 aromatic rings. The van der Waals surface area contributed by atoms with Crippen LogP contribution in [0.2, 0.25) is 5.02 Å². The van der Waals surface area contributed by atoms with Crippen LogP contribution in [0.25, 0.3) is 22.4 Å². The molecule has 1 amide bonds. The summed E-state index contributed by atoms with van der Waals surface area (Å²) < 4.78 is 7.73. The van der Waals surface area contributed by atoms with Crippen molar-refractivity contribution >= 4 is 29.0 Å². The molecular weight excluding hydrogens is 606 g/mol. The van der Waals surface area contributed by atoms with Crippen molar-refractivity contribution in [1.29, 1.82) is 0 Å². The Hall–Kier alpha value is -4.54. The molecule has 5 rings (SSSR count). The molecule has 0 bridgehead atoms. The Balaban J connectivity index is 1.37. The van der Waals surface area contributed by atoms with Crippen molar-refractivity contribution in [2.75, 3.05) is 19.0 Å². The van der Waals surface area contributed by atoms with E-state index in [1.54, 1.807) is 19.2 Å². The van der Waals surface area contributed by atoms with Gasteiger partial charge >= 0.3 is 5.69 Å². The van der Waals surface area contributed by atoms with Crippen molar-refractivity contribution in [1.82, 2.24) is 19.4 Å². The summed E-state index contributed by atoms with van der Waals surface area (Å²) in [6.07, 6.45) is 2.72. The van der Waals surface area contributed by atoms with Crippen molar-refractivity contribution in [3.63, 3.8) is 0 Å². The molecule has 1 fully saturated rings. The van der Waals surface area contributed by atoms with Crippen LogP contribution in [0.4, 0.5) is 5.69 Å². The van der Waals surface area contributed by atoms with E-state index < -0.39 is 17.2 Å². The summed E-state index contributed by atoms with van der Waals surface area (Å²) in [5, 5.41) is 6.76. The van der Waals surface area contributed by atoms with Gasteiger partial charge in [-0.15, -0.1) is 0 Å². The Kier molecular flexibility index (Phi) is 9.32. The largest absolute Gasteiger partial charge is 0.481 e. The Morgan fingerprint density at radius 1 is 1.04 bits per heavy atom. The van der Waals surface area contributed by atoms with E-state index in [0.717, 1.165) is 39.8 Å². The molecule has 11 heteroatoms. The highest BCUT2D eigenvalue weighted by Crippen LogP contribution is 2.40. The van der Waals surface area contributed by atoms with Crippen molar-refractivity contribution < 1.29 is 14.3 Å². The number of anilines is 1. The van der Waals surface area contributed by atoms with Crippen LogP contribution < -0.4 is 26.6 Å². The number of halogens is 1. The van der Waals surface area contributed by atoms with Crippen LogP contribution in [0.5, 0.6) is 5.88 Å². The molecule has 1 saturated carbocycles. The average Bonchev–Trinajstić information content (AvgIpc) is 3.29. The van der Waals surface area contributed by atoms with E-state index in [1.807, 2.05) is 57.2 Å². The lowest BCUT2D eigenvalue weighted by Gasteiger charge is -2.17. The van der Waals surface area contributed by atoms with Gasteiger partial charge in [-0.05, 0) is 49.1 Å². The summed E-state index contributed by atoms with van der Waals surface area (Å²) in [5.74, 6) is 0.503. The Bertz CT molecular complexity index is 1960. The number of nitrogens with one attached hydrogen (secondary N) is 2. The molecule has 10 nitrogen and oxygen atoms in total. The summed E-state index contributed by atoms with van der Waals surface area (Å²) in [6, 6.07) is 15.0. The minimum Gasteiger partial charge on any atom is -0.481 e. The topological polar surface area (TPSA) is 124 Å². The number of hydrogen-bond donors (Lipinski definition) is 2. The number of rotatable bonds is 9. The molecule has 0 unspecified atom stereocenters. The van der Waals surface area contributed by atoms with Crippen LogP contribution in [0.3, 0.4) is 0 Å². The molecule has 240 valence electrons. The normalized spacial score (nSPS) is 15.6. The molecule has 46 heavy (non-hydrogen) atoms. The monoisotopic (exact) mass is 643 g/mol. The van der Waals surface area contributed by atoms with Gasteiger partial charge in [0.2, 0.25) is 5.88 Å². The van der Waals surface area contributed by atoms with Crippen LogP contribution in [0, 0.1) is 18.3 Å². The van der Waals surface area contributed by atoms with Crippen LogP contribution in [-0.2, 0) is 25.4 Å². The second-order valence-electron chi connectivity index (χ2n) is 12.5. The van der Waals surface area contributed by atoms with Crippen molar-refractivity contribution in [3.8, 4) is 28.3 Å². The minimum absolute atomic E-state index is 0.148. The first-order chi connectivity index (χ1) is 21.8. The molecule has 2 N–H and O–H groups in total. The van der Waals surface area contributed by atoms with E-state index >= 15 is 0 Å². The van der Waals surface area contributed by atoms with Crippen molar-refractivity contribution in [2.45, 2.75) is 40.2 Å². The van der Waals surface area contributed by atoms with Crippen molar-refractivity contribution in [3.05, 3.63) is 97.3 Å². The van der Waals surface area contributed by atoms with Gasteiger partial charge in [0.1, 0.15) is 11.3 Å². The highest BCUT2D eigenvalue weighted by Gasteiger charge is 2.38. The molecule has 0 spiro atoms. The van der Waals surface area contributed by atoms with E-state index in [9.17, 15) is 19.2 Å². The lowest BCUT2D eigenvalue weighted by molar-refractivity contribution is -0.124. The van der Waals surface area contributed by atoms with E-state index in [-0.39, 0.29) is 11.0 Å². The van der Waals surface area contributed by atoms with Crippen LogP contribution in [0.15, 0.2) is 64.3 Å². The van der Waals surface area contributed by atoms with Gasteiger partial charge in [0, 0.05) is 61.1 Å². The van der Waals surface area contributed by atoms with Gasteiger partial charge in [-0.2, -0.15) is 0 Å². The van der Waals surface area contributed by atoms with Crippen molar-refractivity contribution in [2.24, 2.45) is 25.4 Å². The molecular formula is C35H38ClN5O5. The SMILES string of the molecule is COc1nc(-c2cccc(-c3cccc(NC(=O)c4cn(C)c(=O)n(C)c4=O)c3C)c2Cl)ccc1CNC[C@H]1CC(=O)C(C)(C)C1. The van der Waals surface area contributed by atoms with E-state index in [1.165, 1.54) is 24.9 Å². The molecule has 2 heterocycles. The van der Waals surface area contributed by atoms with E-state index in [0.29, 0.717) is 52.5 Å². The fraction of sp³-hybridized carbons (Fsp3) is 0.343. The number of methoxy groups -OCH3 is 1. The molecule has 0 aliphatic heterocycles. The maximum absolute atomic E-state index is 13.1. The first kappa shape index (κ1) is 32.8. The number of ketones is 1. The van der Waals surface area contributed by atoms with Gasteiger partial charge in [0.05, 0.1) is 17.8 Å². The summed E-state index contributed by atoms with van der Waals surface area (Å²) in [5.41, 5.74) is 3.44. The number of benzene rings is 2. The quantitative estimate of drug-likeness (QED) is 0.259. The number of aromatic nitrogens is 3. The molecule has 1 aliphatic carbocycles. The molecule has 1 aliphatic rings. The summed E-state index contributed by atoms with van der Waals surface area (Å²) in [4.78, 5) is 54.8. The number of nitrogens with zero attached hydrogens (tertiary/aromatic N) is 3. The number of carbonyl (C=O) groups is 2. The molecule has 2 aromatic heterocycles. The fourth-order valence-corrected chi connectivity index (χ4v) is 6.41. The number of carbonyl (C=O) groups excluding carboxylic acids is 2. The maximum Gasteiger partial charge on any atom is 0.330 e. The summed E-state index contributed by atoms with van der Waals surface area (Å²) in [6.45, 7) is 7.18. The standard InChI is InChI=1S/C35H38ClN5O5/c1-20-23(9-8-12-27(20)38-31(43)26-19-40(4)34(45)41(5)33(26)44)24-10-7-11-25(30(24)36)28-14-13-22(32(39-28)46-6)18-37-17-21-15-29(42)35(2,3)16-21/h7-14,19,21,37H,15-18H2,1-6H3,(H,38,43)/t21-/m0/s1. The number of hydrogen-bond acceptors (Lipinski definition) is 7. The Morgan fingerprint density at radius 3 is 2.43 bits per heavy atom. The minimum atomic E-state index is -0.677. The first-order valence-electron chi connectivity index (χ1n) is 15.1. The Morgan fingerprint density at radius 2 is 1.74 bits per heavy atom. The van der Waals surface area contributed by atoms with Gasteiger partial charge in [-0.1, -0.05) is 61.8 Å². The highest BCUT2D eigenvalue weighted by molar-refractivity contribution is 6.36. The van der Waals surface area contributed by atoms with Gasteiger partial charge in [-0.3, -0.25) is 19.0 Å². The van der Waals surface area contributed by atoms with Gasteiger partial charge in [-0.25, -0.2) is 9.78 Å². The first-order valence-corrected chi connectivity index (χ1v) is 15.4. The van der Waals surface area contributed by atoms with Crippen LogP contribution in [0.1, 0.15) is 48.2 Å². The van der Waals surface area contributed by atoms with E-state index in [2.05, 4.69) is 10.6 Å².